The molecule has 7 nitrogen and oxygen atoms in total. The van der Waals surface area contributed by atoms with Crippen LogP contribution in [0.4, 0.5) is 4.79 Å². The van der Waals surface area contributed by atoms with Crippen LogP contribution in [0.5, 0.6) is 5.75 Å². The number of benzene rings is 1. The van der Waals surface area contributed by atoms with E-state index in [-0.39, 0.29) is 18.4 Å². The first-order valence-corrected chi connectivity index (χ1v) is 8.61. The van der Waals surface area contributed by atoms with Crippen LogP contribution in [0.3, 0.4) is 0 Å². The molecular formula is C19H26N2O5. The second kappa shape index (κ2) is 11.7. The zero-order valence-electron chi connectivity index (χ0n) is 15.4. The van der Waals surface area contributed by atoms with Gasteiger partial charge in [0.25, 0.3) is 5.91 Å². The van der Waals surface area contributed by atoms with Crippen LogP contribution in [0, 0.1) is 5.92 Å². The number of hydrogen-bond acceptors (Lipinski definition) is 5. The van der Waals surface area contributed by atoms with Crippen LogP contribution in [0.25, 0.3) is 0 Å². The predicted molar refractivity (Wildman–Crippen MR) is 98.0 cm³/mol. The Kier molecular flexibility index (Phi) is 9.53. The van der Waals surface area contributed by atoms with Crippen molar-refractivity contribution in [1.29, 1.82) is 0 Å². The summed E-state index contributed by atoms with van der Waals surface area (Å²) in [7, 11) is 0. The van der Waals surface area contributed by atoms with E-state index < -0.39 is 6.16 Å². The molecule has 0 fully saturated rings. The molecule has 0 aliphatic carbocycles. The Bertz CT molecular complexity index is 623. The minimum Gasteiger partial charge on any atom is -0.434 e. The Balaban J connectivity index is 2.29. The number of carbonyl (C=O) groups is 3. The van der Waals surface area contributed by atoms with E-state index in [4.69, 9.17) is 4.74 Å². The first-order chi connectivity index (χ1) is 12.4. The zero-order chi connectivity index (χ0) is 19.4. The van der Waals surface area contributed by atoms with Crippen LogP contribution in [0.2, 0.25) is 0 Å². The van der Waals surface area contributed by atoms with Crippen LogP contribution < -0.4 is 15.4 Å². The quantitative estimate of drug-likeness (QED) is 0.305. The second-order valence-electron chi connectivity index (χ2n) is 5.81. The van der Waals surface area contributed by atoms with Gasteiger partial charge in [0, 0.05) is 18.7 Å². The third-order valence-corrected chi connectivity index (χ3v) is 3.15. The molecule has 7 heteroatoms. The molecule has 0 unspecified atom stereocenters. The topological polar surface area (TPSA) is 93.7 Å². The van der Waals surface area contributed by atoms with E-state index >= 15 is 0 Å². The molecule has 0 spiro atoms. The Morgan fingerprint density at radius 3 is 2.35 bits per heavy atom. The minimum absolute atomic E-state index is 0.137. The fraction of sp³-hybridized carbons (Fsp3) is 0.421. The molecule has 1 aromatic carbocycles. The Morgan fingerprint density at radius 2 is 1.73 bits per heavy atom. The maximum atomic E-state index is 12.0. The highest BCUT2D eigenvalue weighted by atomic mass is 16.7. The highest BCUT2D eigenvalue weighted by Crippen LogP contribution is 2.12. The van der Waals surface area contributed by atoms with E-state index in [0.29, 0.717) is 36.7 Å². The number of rotatable bonds is 9. The fourth-order valence-corrected chi connectivity index (χ4v) is 1.86. The van der Waals surface area contributed by atoms with Gasteiger partial charge >= 0.3 is 6.16 Å². The fourth-order valence-electron chi connectivity index (χ4n) is 1.86. The normalized spacial score (nSPS) is 10.6. The van der Waals surface area contributed by atoms with Crippen molar-refractivity contribution in [3.8, 4) is 5.75 Å². The maximum absolute atomic E-state index is 12.0. The summed E-state index contributed by atoms with van der Waals surface area (Å²) in [5.74, 6) is 0.257. The lowest BCUT2D eigenvalue weighted by atomic mass is 10.2. The molecule has 0 aliphatic rings. The lowest BCUT2D eigenvalue weighted by Gasteiger charge is -2.07. The Labute approximate surface area is 153 Å². The first kappa shape index (κ1) is 21.2. The highest BCUT2D eigenvalue weighted by molar-refractivity contribution is 5.94. The van der Waals surface area contributed by atoms with Gasteiger partial charge in [-0.25, -0.2) is 4.79 Å². The van der Waals surface area contributed by atoms with Gasteiger partial charge in [0.1, 0.15) is 5.75 Å². The summed E-state index contributed by atoms with van der Waals surface area (Å²) in [6, 6.07) is 6.16. The van der Waals surface area contributed by atoms with Gasteiger partial charge in [-0.15, -0.1) is 0 Å². The average molecular weight is 362 g/mol. The first-order valence-electron chi connectivity index (χ1n) is 8.61. The van der Waals surface area contributed by atoms with Crippen LogP contribution in [-0.2, 0) is 9.53 Å². The van der Waals surface area contributed by atoms with Crippen LogP contribution in [-0.4, -0.2) is 37.7 Å². The van der Waals surface area contributed by atoms with Gasteiger partial charge in [0.15, 0.2) is 0 Å². The molecule has 1 rings (SSSR count). The molecule has 0 aromatic heterocycles. The summed E-state index contributed by atoms with van der Waals surface area (Å²) in [4.78, 5) is 34.7. The van der Waals surface area contributed by atoms with Gasteiger partial charge in [-0.3, -0.25) is 9.59 Å². The number of ether oxygens (including phenoxy) is 2. The number of nitrogens with one attached hydrogen (secondary N) is 2. The smallest absolute Gasteiger partial charge is 0.434 e. The van der Waals surface area contributed by atoms with E-state index in [1.165, 1.54) is 18.2 Å². The summed E-state index contributed by atoms with van der Waals surface area (Å²) in [5.41, 5.74) is 0.449. The number of amides is 2. The second-order valence-corrected chi connectivity index (χ2v) is 5.81. The van der Waals surface area contributed by atoms with E-state index in [1.54, 1.807) is 19.1 Å². The lowest BCUT2D eigenvalue weighted by Crippen LogP contribution is -2.29. The largest absolute Gasteiger partial charge is 0.513 e. The molecule has 0 saturated carbocycles. The summed E-state index contributed by atoms with van der Waals surface area (Å²) < 4.78 is 9.59. The van der Waals surface area contributed by atoms with Gasteiger partial charge in [0.2, 0.25) is 5.91 Å². The standard InChI is InChI=1S/C19H26N2O5/c1-4-25-19(24)26-16-9-7-15(8-10-16)18(23)21-13-5-12-20-17(22)11-6-14(2)3/h6-11,14H,4-5,12-13H2,1-3H3,(H,20,22)(H,21,23)/b11-6+. The monoisotopic (exact) mass is 362 g/mol. The number of allylic oxidation sites excluding steroid dienone is 1. The van der Waals surface area contributed by atoms with Crippen molar-refractivity contribution in [3.05, 3.63) is 42.0 Å². The average Bonchev–Trinajstić information content (AvgIpc) is 2.60. The van der Waals surface area contributed by atoms with Crippen molar-refractivity contribution in [2.24, 2.45) is 5.92 Å². The molecule has 0 heterocycles. The van der Waals surface area contributed by atoms with Gasteiger partial charge in [-0.1, -0.05) is 19.9 Å². The highest BCUT2D eigenvalue weighted by Gasteiger charge is 2.08. The number of hydrogen-bond donors (Lipinski definition) is 2. The molecule has 0 atom stereocenters. The summed E-state index contributed by atoms with van der Waals surface area (Å²) >= 11 is 0. The van der Waals surface area contributed by atoms with Crippen LogP contribution >= 0.6 is 0 Å². The molecule has 2 amide bonds. The van der Waals surface area contributed by atoms with Crippen molar-refractivity contribution in [2.45, 2.75) is 27.2 Å². The van der Waals surface area contributed by atoms with Crippen molar-refractivity contribution in [2.75, 3.05) is 19.7 Å². The van der Waals surface area contributed by atoms with Gasteiger partial charge in [-0.2, -0.15) is 0 Å². The van der Waals surface area contributed by atoms with Gasteiger partial charge in [-0.05, 0) is 49.6 Å². The maximum Gasteiger partial charge on any atom is 0.513 e. The van der Waals surface area contributed by atoms with Crippen molar-refractivity contribution < 1.29 is 23.9 Å². The minimum atomic E-state index is -0.782. The van der Waals surface area contributed by atoms with Crippen LogP contribution in [0.15, 0.2) is 36.4 Å². The third kappa shape index (κ3) is 8.86. The van der Waals surface area contributed by atoms with Crippen molar-refractivity contribution in [1.82, 2.24) is 10.6 Å². The molecule has 142 valence electrons. The van der Waals surface area contributed by atoms with E-state index in [0.717, 1.165) is 0 Å². The molecular weight excluding hydrogens is 336 g/mol. The van der Waals surface area contributed by atoms with Crippen molar-refractivity contribution in [3.63, 3.8) is 0 Å². The van der Waals surface area contributed by atoms with E-state index in [9.17, 15) is 14.4 Å². The lowest BCUT2D eigenvalue weighted by molar-refractivity contribution is -0.116. The Hall–Kier alpha value is -2.83. The molecule has 0 bridgehead atoms. The van der Waals surface area contributed by atoms with E-state index in [1.807, 2.05) is 19.9 Å². The van der Waals surface area contributed by atoms with Gasteiger partial charge in [0.05, 0.1) is 6.61 Å². The SMILES string of the molecule is CCOC(=O)Oc1ccc(C(=O)NCCCNC(=O)/C=C/C(C)C)cc1. The molecule has 26 heavy (non-hydrogen) atoms. The zero-order valence-corrected chi connectivity index (χ0v) is 15.4. The van der Waals surface area contributed by atoms with Crippen molar-refractivity contribution >= 4 is 18.0 Å². The van der Waals surface area contributed by atoms with Gasteiger partial charge < -0.3 is 20.1 Å². The molecule has 1 aromatic rings. The molecule has 0 aliphatic heterocycles. The Morgan fingerprint density at radius 1 is 1.08 bits per heavy atom. The molecule has 0 saturated heterocycles. The summed E-state index contributed by atoms with van der Waals surface area (Å²) in [6.45, 7) is 6.82. The number of carbonyl (C=O) groups excluding carboxylic acids is 3. The van der Waals surface area contributed by atoms with Crippen LogP contribution in [0.1, 0.15) is 37.6 Å². The predicted octanol–water partition coefficient (Wildman–Crippen LogP) is 2.67. The molecule has 2 N–H and O–H groups in total. The van der Waals surface area contributed by atoms with E-state index in [2.05, 4.69) is 15.4 Å². The molecule has 0 radical (unpaired) electrons. The third-order valence-electron chi connectivity index (χ3n) is 3.15. The summed E-state index contributed by atoms with van der Waals surface area (Å²) in [6.07, 6.45) is 3.18. The summed E-state index contributed by atoms with van der Waals surface area (Å²) in [5, 5.41) is 5.51.